The van der Waals surface area contributed by atoms with Gasteiger partial charge in [0.15, 0.2) is 0 Å². The van der Waals surface area contributed by atoms with Gasteiger partial charge in [0.25, 0.3) is 0 Å². The van der Waals surface area contributed by atoms with E-state index in [1.54, 1.807) is 18.2 Å². The first kappa shape index (κ1) is 12.4. The van der Waals surface area contributed by atoms with Crippen LogP contribution in [0.3, 0.4) is 0 Å². The van der Waals surface area contributed by atoms with Crippen LogP contribution in [-0.4, -0.2) is 20.3 Å². The first-order chi connectivity index (χ1) is 8.42. The minimum absolute atomic E-state index is 0.870. The van der Waals surface area contributed by atoms with Crippen molar-refractivity contribution in [2.24, 2.45) is 0 Å². The summed E-state index contributed by atoms with van der Waals surface area (Å²) in [6, 6.07) is 6.69. The Balaban J connectivity index is 1.87. The van der Waals surface area contributed by atoms with Crippen molar-refractivity contribution in [1.82, 2.24) is 0 Å². The number of hydrogen-bond donors (Lipinski definition) is 1. The number of hydrogen-bond acceptors (Lipinski definition) is 2. The highest BCUT2D eigenvalue weighted by atomic mass is 16.5. The highest BCUT2D eigenvalue weighted by Gasteiger charge is 2.11. The molecule has 0 aliphatic heterocycles. The van der Waals surface area contributed by atoms with Crippen molar-refractivity contribution in [3.63, 3.8) is 0 Å². The number of ether oxygens (including phenoxy) is 1. The summed E-state index contributed by atoms with van der Waals surface area (Å²) in [6.45, 7) is 1.92. The van der Waals surface area contributed by atoms with Gasteiger partial charge in [-0.15, -0.1) is 0 Å². The van der Waals surface area contributed by atoms with Crippen molar-refractivity contribution in [2.75, 3.05) is 25.6 Å². The summed E-state index contributed by atoms with van der Waals surface area (Å²) in [5.41, 5.74) is 4.48. The molecule has 0 saturated heterocycles. The molecule has 0 unspecified atom stereocenters. The number of methoxy groups -OCH3 is 1. The third-order valence-electron chi connectivity index (χ3n) is 3.49. The Hall–Kier alpha value is -1.02. The largest absolute Gasteiger partial charge is 0.385 e. The van der Waals surface area contributed by atoms with E-state index in [0.717, 1.165) is 19.6 Å². The molecule has 0 amide bonds. The Morgan fingerprint density at radius 3 is 2.94 bits per heavy atom. The van der Waals surface area contributed by atoms with Gasteiger partial charge in [-0.2, -0.15) is 0 Å². The fraction of sp³-hybridized carbons (Fsp3) is 0.600. The average molecular weight is 233 g/mol. The molecule has 1 N–H and O–H groups in total. The molecule has 1 aliphatic carbocycles. The normalized spacial score (nSPS) is 14.4. The molecule has 2 nitrogen and oxygen atoms in total. The second-order valence-corrected chi connectivity index (χ2v) is 4.78. The maximum absolute atomic E-state index is 5.06. The molecule has 1 aromatic rings. The maximum Gasteiger partial charge on any atom is 0.0462 e. The van der Waals surface area contributed by atoms with Gasteiger partial charge in [-0.25, -0.2) is 0 Å². The molecule has 0 saturated carbocycles. The SMILES string of the molecule is COCCCCNc1cccc2c1CCCC2. The molecule has 0 spiro atoms. The number of fused-ring (bicyclic) bond motifs is 1. The second kappa shape index (κ2) is 6.65. The van der Waals surface area contributed by atoms with Crippen molar-refractivity contribution in [2.45, 2.75) is 38.5 Å². The Bertz CT molecular complexity index is 349. The van der Waals surface area contributed by atoms with Gasteiger partial charge >= 0.3 is 0 Å². The molecule has 0 atom stereocenters. The molecular formula is C15H23NO. The molecular weight excluding hydrogens is 210 g/mol. The fourth-order valence-electron chi connectivity index (χ4n) is 2.54. The Morgan fingerprint density at radius 1 is 1.18 bits per heavy atom. The van der Waals surface area contributed by atoms with Crippen molar-refractivity contribution >= 4 is 5.69 Å². The van der Waals surface area contributed by atoms with Gasteiger partial charge in [-0.1, -0.05) is 12.1 Å². The Morgan fingerprint density at radius 2 is 2.06 bits per heavy atom. The molecule has 17 heavy (non-hydrogen) atoms. The number of benzene rings is 1. The van der Waals surface area contributed by atoms with Crippen LogP contribution in [0.25, 0.3) is 0 Å². The summed E-state index contributed by atoms with van der Waals surface area (Å²) in [6.07, 6.45) is 7.51. The van der Waals surface area contributed by atoms with E-state index in [1.807, 2.05) is 0 Å². The molecule has 2 heteroatoms. The minimum atomic E-state index is 0.870. The summed E-state index contributed by atoms with van der Waals surface area (Å²) in [7, 11) is 1.76. The summed E-state index contributed by atoms with van der Waals surface area (Å²) >= 11 is 0. The first-order valence-electron chi connectivity index (χ1n) is 6.75. The van der Waals surface area contributed by atoms with Gasteiger partial charge in [-0.05, 0) is 55.7 Å². The fourth-order valence-corrected chi connectivity index (χ4v) is 2.54. The van der Waals surface area contributed by atoms with Crippen LogP contribution in [0.15, 0.2) is 18.2 Å². The predicted octanol–water partition coefficient (Wildman–Crippen LogP) is 3.40. The van der Waals surface area contributed by atoms with Crippen LogP contribution in [0.1, 0.15) is 36.8 Å². The smallest absolute Gasteiger partial charge is 0.0462 e. The van der Waals surface area contributed by atoms with Gasteiger partial charge in [0.05, 0.1) is 0 Å². The molecule has 0 radical (unpaired) electrons. The lowest BCUT2D eigenvalue weighted by Crippen LogP contribution is -2.09. The molecule has 94 valence electrons. The van der Waals surface area contributed by atoms with Gasteiger partial charge in [0, 0.05) is 25.9 Å². The van der Waals surface area contributed by atoms with E-state index >= 15 is 0 Å². The Labute approximate surface area is 104 Å². The number of rotatable bonds is 6. The number of aryl methyl sites for hydroxylation is 1. The van der Waals surface area contributed by atoms with E-state index in [0.29, 0.717) is 0 Å². The summed E-state index contributed by atoms with van der Waals surface area (Å²) < 4.78 is 5.06. The van der Waals surface area contributed by atoms with Crippen LogP contribution in [-0.2, 0) is 17.6 Å². The summed E-state index contributed by atoms with van der Waals surface area (Å²) in [5.74, 6) is 0. The highest BCUT2D eigenvalue weighted by Crippen LogP contribution is 2.27. The zero-order valence-electron chi connectivity index (χ0n) is 10.8. The van der Waals surface area contributed by atoms with E-state index in [1.165, 1.54) is 37.8 Å². The van der Waals surface area contributed by atoms with E-state index in [4.69, 9.17) is 4.74 Å². The zero-order chi connectivity index (χ0) is 11.9. The Kier molecular flexibility index (Phi) is 4.87. The third kappa shape index (κ3) is 3.47. The van der Waals surface area contributed by atoms with Crippen LogP contribution in [0.5, 0.6) is 0 Å². The van der Waals surface area contributed by atoms with Gasteiger partial charge < -0.3 is 10.1 Å². The topological polar surface area (TPSA) is 21.3 Å². The van der Waals surface area contributed by atoms with Crippen LogP contribution in [0.2, 0.25) is 0 Å². The molecule has 1 aromatic carbocycles. The highest BCUT2D eigenvalue weighted by molar-refractivity contribution is 5.55. The van der Waals surface area contributed by atoms with E-state index in [9.17, 15) is 0 Å². The number of nitrogens with one attached hydrogen (secondary N) is 1. The van der Waals surface area contributed by atoms with Crippen molar-refractivity contribution in [1.29, 1.82) is 0 Å². The van der Waals surface area contributed by atoms with Crippen LogP contribution >= 0.6 is 0 Å². The lowest BCUT2D eigenvalue weighted by atomic mass is 9.90. The molecule has 2 rings (SSSR count). The third-order valence-corrected chi connectivity index (χ3v) is 3.49. The number of anilines is 1. The quantitative estimate of drug-likeness (QED) is 0.760. The first-order valence-corrected chi connectivity index (χ1v) is 6.75. The molecule has 0 bridgehead atoms. The number of unbranched alkanes of at least 4 members (excludes halogenated alkanes) is 1. The molecule has 0 fully saturated rings. The van der Waals surface area contributed by atoms with Gasteiger partial charge in [-0.3, -0.25) is 0 Å². The standard InChI is InChI=1S/C15H23NO/c1-17-12-5-4-11-16-15-10-6-8-13-7-2-3-9-14(13)15/h6,8,10,16H,2-5,7,9,11-12H2,1H3. The van der Waals surface area contributed by atoms with Crippen molar-refractivity contribution in [3.05, 3.63) is 29.3 Å². The summed E-state index contributed by atoms with van der Waals surface area (Å²) in [4.78, 5) is 0. The predicted molar refractivity (Wildman–Crippen MR) is 72.7 cm³/mol. The lowest BCUT2D eigenvalue weighted by Gasteiger charge is -2.20. The molecule has 0 aromatic heterocycles. The summed E-state index contributed by atoms with van der Waals surface area (Å²) in [5, 5.41) is 3.58. The van der Waals surface area contributed by atoms with Crippen molar-refractivity contribution < 1.29 is 4.74 Å². The zero-order valence-corrected chi connectivity index (χ0v) is 10.8. The second-order valence-electron chi connectivity index (χ2n) is 4.78. The average Bonchev–Trinajstić information content (AvgIpc) is 2.39. The van der Waals surface area contributed by atoms with E-state index < -0.39 is 0 Å². The van der Waals surface area contributed by atoms with E-state index in [-0.39, 0.29) is 0 Å². The molecule has 1 aliphatic rings. The van der Waals surface area contributed by atoms with Crippen LogP contribution in [0, 0.1) is 0 Å². The lowest BCUT2D eigenvalue weighted by molar-refractivity contribution is 0.194. The monoisotopic (exact) mass is 233 g/mol. The minimum Gasteiger partial charge on any atom is -0.385 e. The van der Waals surface area contributed by atoms with Crippen LogP contribution in [0.4, 0.5) is 5.69 Å². The molecule has 0 heterocycles. The van der Waals surface area contributed by atoms with Crippen LogP contribution < -0.4 is 5.32 Å². The van der Waals surface area contributed by atoms with E-state index in [2.05, 4.69) is 23.5 Å². The van der Waals surface area contributed by atoms with Gasteiger partial charge in [0.2, 0.25) is 0 Å². The van der Waals surface area contributed by atoms with Crippen molar-refractivity contribution in [3.8, 4) is 0 Å². The van der Waals surface area contributed by atoms with Gasteiger partial charge in [0.1, 0.15) is 0 Å². The maximum atomic E-state index is 5.06.